The van der Waals surface area contributed by atoms with Gasteiger partial charge in [0.25, 0.3) is 0 Å². The lowest BCUT2D eigenvalue weighted by Crippen LogP contribution is -2.48. The van der Waals surface area contributed by atoms with E-state index in [1.807, 2.05) is 13.0 Å². The summed E-state index contributed by atoms with van der Waals surface area (Å²) in [4.78, 5) is 6.81. The van der Waals surface area contributed by atoms with E-state index in [0.717, 1.165) is 38.1 Å². The van der Waals surface area contributed by atoms with Crippen molar-refractivity contribution >= 4 is 35.6 Å². The summed E-state index contributed by atoms with van der Waals surface area (Å²) >= 11 is 0. The molecule has 0 radical (unpaired) electrons. The molecule has 1 saturated heterocycles. The fourth-order valence-corrected chi connectivity index (χ4v) is 3.26. The predicted molar refractivity (Wildman–Crippen MR) is 121 cm³/mol. The summed E-state index contributed by atoms with van der Waals surface area (Å²) in [6.07, 6.45) is 1.99. The van der Waals surface area contributed by atoms with Crippen molar-refractivity contribution in [2.24, 2.45) is 4.99 Å². The van der Waals surface area contributed by atoms with Crippen LogP contribution >= 0.6 is 24.0 Å². The highest BCUT2D eigenvalue weighted by Crippen LogP contribution is 2.19. The van der Waals surface area contributed by atoms with E-state index in [4.69, 9.17) is 0 Å². The lowest BCUT2D eigenvalue weighted by Gasteiger charge is -2.34. The van der Waals surface area contributed by atoms with Gasteiger partial charge in [0.05, 0.1) is 6.54 Å². The van der Waals surface area contributed by atoms with Crippen LogP contribution in [0.3, 0.4) is 0 Å². The van der Waals surface area contributed by atoms with Crippen molar-refractivity contribution in [3.05, 3.63) is 65.7 Å². The minimum Gasteiger partial charge on any atom is -0.371 e. The largest absolute Gasteiger partial charge is 0.371 e. The first-order valence-electron chi connectivity index (χ1n) is 9.44. The Kier molecular flexibility index (Phi) is 8.95. The van der Waals surface area contributed by atoms with Gasteiger partial charge in [-0.1, -0.05) is 18.2 Å². The number of para-hydroxylation sites is 1. The predicted octanol–water partition coefficient (Wildman–Crippen LogP) is 4.31. The molecule has 0 spiro atoms. The van der Waals surface area contributed by atoms with Crippen molar-refractivity contribution in [1.82, 2.24) is 10.6 Å². The molecule has 4 nitrogen and oxygen atoms in total. The van der Waals surface area contributed by atoms with Crippen molar-refractivity contribution in [2.75, 3.05) is 24.5 Å². The minimum absolute atomic E-state index is 0. The van der Waals surface area contributed by atoms with Crippen LogP contribution in [0.15, 0.2) is 53.5 Å². The van der Waals surface area contributed by atoms with Gasteiger partial charge >= 0.3 is 0 Å². The number of anilines is 1. The smallest absolute Gasteiger partial charge is 0.191 e. The maximum absolute atomic E-state index is 13.8. The highest BCUT2D eigenvalue weighted by atomic mass is 127. The summed E-state index contributed by atoms with van der Waals surface area (Å²) in [6.45, 7) is 4.74. The molecular formula is C21H27F2IN4. The van der Waals surface area contributed by atoms with Crippen molar-refractivity contribution in [3.8, 4) is 0 Å². The third kappa shape index (κ3) is 6.32. The molecule has 0 aromatic heterocycles. The monoisotopic (exact) mass is 500 g/mol. The molecule has 1 aliphatic rings. The molecule has 0 aliphatic carbocycles. The number of hydrogen-bond donors (Lipinski definition) is 2. The highest BCUT2D eigenvalue weighted by Gasteiger charge is 2.20. The molecule has 0 amide bonds. The van der Waals surface area contributed by atoms with Crippen LogP contribution in [0.5, 0.6) is 0 Å². The van der Waals surface area contributed by atoms with Crippen LogP contribution in [0.4, 0.5) is 14.5 Å². The summed E-state index contributed by atoms with van der Waals surface area (Å²) in [5.74, 6) is -0.251. The first-order valence-corrected chi connectivity index (χ1v) is 9.44. The average molecular weight is 500 g/mol. The van der Waals surface area contributed by atoms with E-state index in [1.54, 1.807) is 0 Å². The SMILES string of the molecule is CCNC(=NCc1cc(F)ccc1F)NC1CCN(c2ccccc2)CC1.I. The molecule has 0 saturated carbocycles. The second-order valence-electron chi connectivity index (χ2n) is 6.67. The lowest BCUT2D eigenvalue weighted by atomic mass is 10.0. The first kappa shape index (κ1) is 22.4. The summed E-state index contributed by atoms with van der Waals surface area (Å²) in [5, 5.41) is 6.62. The summed E-state index contributed by atoms with van der Waals surface area (Å²) in [5.41, 5.74) is 1.50. The molecule has 2 aromatic carbocycles. The van der Waals surface area contributed by atoms with Gasteiger partial charge in [-0.15, -0.1) is 24.0 Å². The maximum atomic E-state index is 13.8. The molecule has 0 atom stereocenters. The number of hydrogen-bond acceptors (Lipinski definition) is 2. The van der Waals surface area contributed by atoms with Crippen LogP contribution < -0.4 is 15.5 Å². The molecular weight excluding hydrogens is 473 g/mol. The number of piperidine rings is 1. The van der Waals surface area contributed by atoms with E-state index in [9.17, 15) is 8.78 Å². The lowest BCUT2D eigenvalue weighted by molar-refractivity contribution is 0.461. The van der Waals surface area contributed by atoms with Crippen molar-refractivity contribution < 1.29 is 8.78 Å². The van der Waals surface area contributed by atoms with Gasteiger partial charge in [0.15, 0.2) is 5.96 Å². The number of nitrogens with zero attached hydrogens (tertiary/aromatic N) is 2. The van der Waals surface area contributed by atoms with Gasteiger partial charge in [-0.05, 0) is 50.1 Å². The van der Waals surface area contributed by atoms with E-state index in [0.29, 0.717) is 18.5 Å². The van der Waals surface area contributed by atoms with Gasteiger partial charge in [0.2, 0.25) is 0 Å². The Morgan fingerprint density at radius 3 is 2.50 bits per heavy atom. The zero-order valence-electron chi connectivity index (χ0n) is 16.0. The number of halogens is 3. The Hall–Kier alpha value is -1.90. The molecule has 28 heavy (non-hydrogen) atoms. The Morgan fingerprint density at radius 2 is 1.82 bits per heavy atom. The minimum atomic E-state index is -0.451. The summed E-state index contributed by atoms with van der Waals surface area (Å²) < 4.78 is 27.1. The van der Waals surface area contributed by atoms with E-state index >= 15 is 0 Å². The Balaban J connectivity index is 0.00000280. The normalized spacial score (nSPS) is 15.1. The van der Waals surface area contributed by atoms with E-state index in [-0.39, 0.29) is 36.1 Å². The van der Waals surface area contributed by atoms with Crippen LogP contribution in [-0.2, 0) is 6.54 Å². The van der Waals surface area contributed by atoms with Gasteiger partial charge < -0.3 is 15.5 Å². The molecule has 1 heterocycles. The molecule has 1 aliphatic heterocycles. The van der Waals surface area contributed by atoms with Crippen LogP contribution in [0.25, 0.3) is 0 Å². The van der Waals surface area contributed by atoms with Gasteiger partial charge in [0.1, 0.15) is 11.6 Å². The number of guanidine groups is 1. The topological polar surface area (TPSA) is 39.7 Å². The molecule has 152 valence electrons. The second-order valence-corrected chi connectivity index (χ2v) is 6.67. The third-order valence-electron chi connectivity index (χ3n) is 4.72. The van der Waals surface area contributed by atoms with Crippen LogP contribution in [0.2, 0.25) is 0 Å². The fourth-order valence-electron chi connectivity index (χ4n) is 3.26. The molecule has 7 heteroatoms. The molecule has 3 rings (SSSR count). The Labute approximate surface area is 182 Å². The molecule has 2 aromatic rings. The highest BCUT2D eigenvalue weighted by molar-refractivity contribution is 14.0. The number of benzene rings is 2. The van der Waals surface area contributed by atoms with Crippen LogP contribution in [-0.4, -0.2) is 31.6 Å². The molecule has 2 N–H and O–H groups in total. The Bertz CT molecular complexity index is 762. The standard InChI is InChI=1S/C21H26F2N4.HI/c1-2-24-21(25-15-16-14-17(22)8-9-20(16)23)26-18-10-12-27(13-11-18)19-6-4-3-5-7-19;/h3-9,14,18H,2,10-13,15H2,1H3,(H2,24,25,26);1H. The van der Waals surface area contributed by atoms with Crippen molar-refractivity contribution in [3.63, 3.8) is 0 Å². The summed E-state index contributed by atoms with van der Waals surface area (Å²) in [6, 6.07) is 14.2. The third-order valence-corrected chi connectivity index (χ3v) is 4.72. The quantitative estimate of drug-likeness (QED) is 0.366. The zero-order chi connectivity index (χ0) is 19.1. The average Bonchev–Trinajstić information content (AvgIpc) is 2.70. The van der Waals surface area contributed by atoms with E-state index in [1.165, 1.54) is 11.8 Å². The number of aliphatic imine (C=N–C) groups is 1. The molecule has 0 bridgehead atoms. The van der Waals surface area contributed by atoms with Crippen molar-refractivity contribution in [2.45, 2.75) is 32.4 Å². The number of nitrogens with one attached hydrogen (secondary N) is 2. The van der Waals surface area contributed by atoms with Crippen molar-refractivity contribution in [1.29, 1.82) is 0 Å². The van der Waals surface area contributed by atoms with Gasteiger partial charge in [-0.2, -0.15) is 0 Å². The van der Waals surface area contributed by atoms with Gasteiger partial charge in [-0.25, -0.2) is 13.8 Å². The van der Waals surface area contributed by atoms with Gasteiger partial charge in [-0.3, -0.25) is 0 Å². The van der Waals surface area contributed by atoms with E-state index < -0.39 is 11.6 Å². The number of rotatable bonds is 5. The first-order chi connectivity index (χ1) is 13.2. The van der Waals surface area contributed by atoms with Crippen LogP contribution in [0, 0.1) is 11.6 Å². The molecule has 1 fully saturated rings. The van der Waals surface area contributed by atoms with Gasteiger partial charge in [0, 0.05) is 36.9 Å². The molecule has 0 unspecified atom stereocenters. The second kappa shape index (κ2) is 11.2. The van der Waals surface area contributed by atoms with Crippen LogP contribution in [0.1, 0.15) is 25.3 Å². The zero-order valence-corrected chi connectivity index (χ0v) is 18.3. The van der Waals surface area contributed by atoms with E-state index in [2.05, 4.69) is 44.8 Å². The Morgan fingerprint density at radius 1 is 1.11 bits per heavy atom. The fraction of sp³-hybridized carbons (Fsp3) is 0.381. The summed E-state index contributed by atoms with van der Waals surface area (Å²) in [7, 11) is 0. The maximum Gasteiger partial charge on any atom is 0.191 e.